The summed E-state index contributed by atoms with van der Waals surface area (Å²) in [7, 11) is 0. The van der Waals surface area contributed by atoms with Crippen LogP contribution in [0.1, 0.15) is 29.8 Å². The van der Waals surface area contributed by atoms with E-state index in [4.69, 9.17) is 9.47 Å². The topological polar surface area (TPSA) is 51.6 Å². The van der Waals surface area contributed by atoms with E-state index in [-0.39, 0.29) is 0 Å². The summed E-state index contributed by atoms with van der Waals surface area (Å²) in [5.74, 6) is 1.06. The van der Waals surface area contributed by atoms with Crippen LogP contribution in [0.2, 0.25) is 0 Å². The normalized spacial score (nSPS) is 11.8. The maximum absolute atomic E-state index is 9.87. The molecule has 0 aliphatic rings. The van der Waals surface area contributed by atoms with Gasteiger partial charge in [0.05, 0.1) is 11.8 Å². The lowest BCUT2D eigenvalue weighted by Crippen LogP contribution is -2.03. The average molecular weight is 335 g/mol. The molecule has 4 nitrogen and oxygen atoms in total. The first-order valence-corrected chi connectivity index (χ1v) is 8.24. The Morgan fingerprint density at radius 3 is 1.96 bits per heavy atom. The van der Waals surface area contributed by atoms with Crippen LogP contribution in [-0.2, 0) is 13.2 Å². The second kappa shape index (κ2) is 8.31. The van der Waals surface area contributed by atoms with Gasteiger partial charge in [-0.05, 0) is 18.1 Å². The lowest BCUT2D eigenvalue weighted by Gasteiger charge is -2.13. The van der Waals surface area contributed by atoms with Crippen molar-refractivity contribution >= 4 is 0 Å². The van der Waals surface area contributed by atoms with Crippen molar-refractivity contribution in [1.82, 2.24) is 4.98 Å². The summed E-state index contributed by atoms with van der Waals surface area (Å²) in [6.07, 6.45) is -0.695. The van der Waals surface area contributed by atoms with Crippen LogP contribution >= 0.6 is 0 Å². The molecule has 1 heterocycles. The van der Waals surface area contributed by atoms with Gasteiger partial charge in [-0.1, -0.05) is 60.7 Å². The van der Waals surface area contributed by atoms with E-state index in [1.807, 2.05) is 60.7 Å². The molecule has 0 saturated carbocycles. The predicted octanol–water partition coefficient (Wildman–Crippen LogP) is 4.29. The van der Waals surface area contributed by atoms with Gasteiger partial charge in [-0.25, -0.2) is 4.98 Å². The minimum Gasteiger partial charge on any atom is -0.489 e. The number of aliphatic hydroxyl groups excluding tert-OH is 1. The number of pyridine rings is 1. The fourth-order valence-corrected chi connectivity index (χ4v) is 2.34. The van der Waals surface area contributed by atoms with Gasteiger partial charge in [0.1, 0.15) is 19.0 Å². The Hall–Kier alpha value is -2.85. The Labute approximate surface area is 147 Å². The highest BCUT2D eigenvalue weighted by molar-refractivity contribution is 5.32. The molecule has 0 aliphatic heterocycles. The highest BCUT2D eigenvalue weighted by Crippen LogP contribution is 2.24. The molecule has 0 fully saturated rings. The molecule has 1 atom stereocenters. The molecule has 2 aromatic carbocycles. The Kier molecular flexibility index (Phi) is 5.65. The van der Waals surface area contributed by atoms with Crippen LogP contribution in [0.5, 0.6) is 11.6 Å². The van der Waals surface area contributed by atoms with Gasteiger partial charge < -0.3 is 14.6 Å². The van der Waals surface area contributed by atoms with E-state index in [1.165, 1.54) is 0 Å². The molecule has 1 unspecified atom stereocenters. The minimum absolute atomic E-state index is 0.412. The third-order valence-corrected chi connectivity index (χ3v) is 3.70. The van der Waals surface area contributed by atoms with Gasteiger partial charge in [-0.15, -0.1) is 0 Å². The third kappa shape index (κ3) is 5.06. The van der Waals surface area contributed by atoms with Crippen molar-refractivity contribution in [3.05, 3.63) is 89.6 Å². The molecular formula is C21H21NO3. The van der Waals surface area contributed by atoms with Crippen molar-refractivity contribution in [2.45, 2.75) is 26.2 Å². The molecule has 0 aliphatic carbocycles. The molecular weight excluding hydrogens is 314 g/mol. The third-order valence-electron chi connectivity index (χ3n) is 3.70. The summed E-state index contributed by atoms with van der Waals surface area (Å²) in [5.41, 5.74) is 2.65. The molecule has 0 spiro atoms. The van der Waals surface area contributed by atoms with Crippen molar-refractivity contribution in [2.24, 2.45) is 0 Å². The summed E-state index contributed by atoms with van der Waals surface area (Å²) in [5, 5.41) is 9.87. The van der Waals surface area contributed by atoms with Gasteiger partial charge in [-0.3, -0.25) is 0 Å². The zero-order valence-corrected chi connectivity index (χ0v) is 14.1. The molecule has 3 rings (SSSR count). The van der Waals surface area contributed by atoms with Gasteiger partial charge in [0.25, 0.3) is 0 Å². The van der Waals surface area contributed by atoms with Crippen molar-refractivity contribution in [1.29, 1.82) is 0 Å². The maximum Gasteiger partial charge on any atom is 0.217 e. The average Bonchev–Trinajstić information content (AvgIpc) is 2.66. The van der Waals surface area contributed by atoms with Gasteiger partial charge in [-0.2, -0.15) is 0 Å². The molecule has 25 heavy (non-hydrogen) atoms. The first kappa shape index (κ1) is 17.0. The molecule has 0 saturated heterocycles. The Bertz CT molecular complexity index is 727. The smallest absolute Gasteiger partial charge is 0.217 e. The number of ether oxygens (including phenoxy) is 2. The summed E-state index contributed by atoms with van der Waals surface area (Å²) in [6.45, 7) is 2.53. The monoisotopic (exact) mass is 335 g/mol. The minimum atomic E-state index is -0.695. The SMILES string of the molecule is CC(O)c1cc(OCc2ccccc2)cc(OCc2ccccc2)n1. The zero-order valence-electron chi connectivity index (χ0n) is 14.1. The van der Waals surface area contributed by atoms with Crippen molar-refractivity contribution in [2.75, 3.05) is 0 Å². The molecule has 0 radical (unpaired) electrons. The Morgan fingerprint density at radius 1 is 0.840 bits per heavy atom. The lowest BCUT2D eigenvalue weighted by atomic mass is 10.2. The van der Waals surface area contributed by atoms with Crippen LogP contribution < -0.4 is 9.47 Å². The van der Waals surface area contributed by atoms with Gasteiger partial charge in [0, 0.05) is 12.1 Å². The van der Waals surface area contributed by atoms with Crippen LogP contribution in [0.15, 0.2) is 72.8 Å². The number of hydrogen-bond acceptors (Lipinski definition) is 4. The molecule has 0 amide bonds. The Balaban J connectivity index is 1.72. The first-order valence-electron chi connectivity index (χ1n) is 8.24. The number of aromatic nitrogens is 1. The van der Waals surface area contributed by atoms with E-state index in [0.717, 1.165) is 11.1 Å². The summed E-state index contributed by atoms with van der Waals surface area (Å²) in [4.78, 5) is 4.35. The summed E-state index contributed by atoms with van der Waals surface area (Å²) >= 11 is 0. The van der Waals surface area contributed by atoms with Crippen LogP contribution in [0, 0.1) is 0 Å². The summed E-state index contributed by atoms with van der Waals surface area (Å²) < 4.78 is 11.6. The van der Waals surface area contributed by atoms with Crippen LogP contribution in [0.4, 0.5) is 0 Å². The van der Waals surface area contributed by atoms with E-state index in [9.17, 15) is 5.11 Å². The number of nitrogens with zero attached hydrogens (tertiary/aromatic N) is 1. The molecule has 0 bridgehead atoms. The standard InChI is InChI=1S/C21H21NO3/c1-16(23)20-12-19(24-14-17-8-4-2-5-9-17)13-21(22-20)25-15-18-10-6-3-7-11-18/h2-13,16,23H,14-15H2,1H3. The van der Waals surface area contributed by atoms with Crippen molar-refractivity contribution in [3.8, 4) is 11.6 Å². The van der Waals surface area contributed by atoms with E-state index >= 15 is 0 Å². The number of rotatable bonds is 7. The second-order valence-corrected chi connectivity index (χ2v) is 5.79. The molecule has 4 heteroatoms. The van der Waals surface area contributed by atoms with Crippen LogP contribution in [0.3, 0.4) is 0 Å². The number of aliphatic hydroxyl groups is 1. The van der Waals surface area contributed by atoms with Crippen LogP contribution in [0.25, 0.3) is 0 Å². The zero-order chi connectivity index (χ0) is 17.5. The first-order chi connectivity index (χ1) is 12.2. The number of hydrogen-bond donors (Lipinski definition) is 1. The van der Waals surface area contributed by atoms with Crippen molar-refractivity contribution < 1.29 is 14.6 Å². The largest absolute Gasteiger partial charge is 0.489 e. The molecule has 128 valence electrons. The quantitative estimate of drug-likeness (QED) is 0.700. The fraction of sp³-hybridized carbons (Fsp3) is 0.190. The lowest BCUT2D eigenvalue weighted by molar-refractivity contribution is 0.190. The highest BCUT2D eigenvalue weighted by Gasteiger charge is 2.10. The Morgan fingerprint density at radius 2 is 1.40 bits per heavy atom. The summed E-state index contributed by atoms with van der Waals surface area (Å²) in [6, 6.07) is 23.3. The maximum atomic E-state index is 9.87. The molecule has 1 aromatic heterocycles. The van der Waals surface area contributed by atoms with Gasteiger partial charge >= 0.3 is 0 Å². The van der Waals surface area contributed by atoms with Gasteiger partial charge in [0.15, 0.2) is 0 Å². The molecule has 3 aromatic rings. The van der Waals surface area contributed by atoms with E-state index in [2.05, 4.69) is 4.98 Å². The van der Waals surface area contributed by atoms with Crippen LogP contribution in [-0.4, -0.2) is 10.1 Å². The fourth-order valence-electron chi connectivity index (χ4n) is 2.34. The van der Waals surface area contributed by atoms with Crippen molar-refractivity contribution in [3.63, 3.8) is 0 Å². The van der Waals surface area contributed by atoms with E-state index < -0.39 is 6.10 Å². The van der Waals surface area contributed by atoms with E-state index in [1.54, 1.807) is 19.1 Å². The second-order valence-electron chi connectivity index (χ2n) is 5.79. The number of benzene rings is 2. The molecule has 1 N–H and O–H groups in total. The highest BCUT2D eigenvalue weighted by atomic mass is 16.5. The van der Waals surface area contributed by atoms with Gasteiger partial charge in [0.2, 0.25) is 5.88 Å². The van der Waals surface area contributed by atoms with E-state index in [0.29, 0.717) is 30.5 Å². The predicted molar refractivity (Wildman–Crippen MR) is 96.4 cm³/mol.